The summed E-state index contributed by atoms with van der Waals surface area (Å²) in [6.45, 7) is 2.35. The van der Waals surface area contributed by atoms with Crippen molar-refractivity contribution in [3.8, 4) is 5.00 Å². The molecule has 0 saturated carbocycles. The highest BCUT2D eigenvalue weighted by molar-refractivity contribution is 7.15. The van der Waals surface area contributed by atoms with Gasteiger partial charge >= 0.3 is 6.03 Å². The highest BCUT2D eigenvalue weighted by Gasteiger charge is 2.36. The number of amides is 2. The Hall–Kier alpha value is -3.45. The number of halogens is 2. The average Bonchev–Trinajstić information content (AvgIpc) is 3.41. The summed E-state index contributed by atoms with van der Waals surface area (Å²) >= 11 is 1.78. The van der Waals surface area contributed by atoms with Crippen molar-refractivity contribution in [3.63, 3.8) is 0 Å². The van der Waals surface area contributed by atoms with E-state index in [0.29, 0.717) is 17.8 Å². The predicted molar refractivity (Wildman–Crippen MR) is 134 cm³/mol. The summed E-state index contributed by atoms with van der Waals surface area (Å²) in [6, 6.07) is 14.0. The van der Waals surface area contributed by atoms with Crippen molar-refractivity contribution in [1.29, 1.82) is 0 Å². The molecule has 1 atom stereocenters. The molecule has 0 fully saturated rings. The molecule has 6 rings (SSSR count). The van der Waals surface area contributed by atoms with Gasteiger partial charge in [0.15, 0.2) is 0 Å². The number of urea groups is 1. The summed E-state index contributed by atoms with van der Waals surface area (Å²) in [5, 5.41) is 4.12. The van der Waals surface area contributed by atoms with Gasteiger partial charge in [-0.15, -0.1) is 11.3 Å². The molecule has 2 amide bonds. The summed E-state index contributed by atoms with van der Waals surface area (Å²) in [6.07, 6.45) is 6.33. The van der Waals surface area contributed by atoms with E-state index in [1.807, 2.05) is 49.5 Å². The molecule has 1 aliphatic heterocycles. The number of carbonyl (C=O) groups excluding carboxylic acids is 1. The Morgan fingerprint density at radius 3 is 2.51 bits per heavy atom. The fourth-order valence-electron chi connectivity index (χ4n) is 5.30. The molecule has 3 heterocycles. The number of rotatable bonds is 2. The Balaban J connectivity index is 1.51. The van der Waals surface area contributed by atoms with E-state index in [-0.39, 0.29) is 6.03 Å². The molecule has 0 unspecified atom stereocenters. The van der Waals surface area contributed by atoms with Gasteiger partial charge in [0.1, 0.15) is 22.7 Å². The molecular formula is C28H25F2N3OS. The molecule has 0 spiro atoms. The molecule has 4 aromatic rings. The van der Waals surface area contributed by atoms with Crippen LogP contribution in [0, 0.1) is 18.6 Å². The van der Waals surface area contributed by atoms with Gasteiger partial charge in [0.25, 0.3) is 0 Å². The van der Waals surface area contributed by atoms with Gasteiger partial charge in [-0.3, -0.25) is 0 Å². The monoisotopic (exact) mass is 489 g/mol. The number of thiophene rings is 1. The highest BCUT2D eigenvalue weighted by Crippen LogP contribution is 2.44. The van der Waals surface area contributed by atoms with Crippen molar-refractivity contribution in [2.75, 3.05) is 5.32 Å². The van der Waals surface area contributed by atoms with Crippen LogP contribution in [0.2, 0.25) is 0 Å². The minimum absolute atomic E-state index is 0.306. The van der Waals surface area contributed by atoms with Gasteiger partial charge in [0.2, 0.25) is 0 Å². The molecule has 35 heavy (non-hydrogen) atoms. The summed E-state index contributed by atoms with van der Waals surface area (Å²) in [7, 11) is 0. The van der Waals surface area contributed by atoms with Gasteiger partial charge < -0.3 is 14.8 Å². The number of hydrogen-bond acceptors (Lipinski definition) is 2. The Bertz CT molecular complexity index is 1400. The lowest BCUT2D eigenvalue weighted by molar-refractivity contribution is 0.194. The Kier molecular flexibility index (Phi) is 5.44. The first-order valence-electron chi connectivity index (χ1n) is 11.9. The molecule has 1 aliphatic carbocycles. The van der Waals surface area contributed by atoms with Crippen LogP contribution >= 0.6 is 11.3 Å². The maximum Gasteiger partial charge on any atom is 0.322 e. The van der Waals surface area contributed by atoms with Crippen molar-refractivity contribution in [1.82, 2.24) is 9.47 Å². The van der Waals surface area contributed by atoms with Gasteiger partial charge in [-0.1, -0.05) is 17.7 Å². The van der Waals surface area contributed by atoms with Crippen molar-refractivity contribution < 1.29 is 13.6 Å². The fraction of sp³-hybridized carbons (Fsp3) is 0.250. The zero-order valence-corrected chi connectivity index (χ0v) is 20.2. The van der Waals surface area contributed by atoms with E-state index >= 15 is 0 Å². The zero-order valence-electron chi connectivity index (χ0n) is 19.4. The molecular weight excluding hydrogens is 464 g/mol. The van der Waals surface area contributed by atoms with Gasteiger partial charge in [-0.05, 0) is 80.1 Å². The Morgan fingerprint density at radius 1 is 1.00 bits per heavy atom. The third-order valence-corrected chi connectivity index (χ3v) is 8.28. The lowest BCUT2D eigenvalue weighted by Crippen LogP contribution is -2.38. The van der Waals surface area contributed by atoms with Gasteiger partial charge in [0.05, 0.1) is 12.2 Å². The van der Waals surface area contributed by atoms with E-state index in [9.17, 15) is 13.6 Å². The molecule has 178 valence electrons. The number of aryl methyl sites for hydroxylation is 2. The highest BCUT2D eigenvalue weighted by atomic mass is 32.1. The number of anilines is 1. The van der Waals surface area contributed by atoms with Crippen LogP contribution in [0.5, 0.6) is 0 Å². The van der Waals surface area contributed by atoms with Gasteiger partial charge in [-0.2, -0.15) is 0 Å². The van der Waals surface area contributed by atoms with Crippen molar-refractivity contribution >= 4 is 23.1 Å². The normalized spacial score (nSPS) is 16.8. The maximum absolute atomic E-state index is 14.4. The molecule has 0 bridgehead atoms. The van der Waals surface area contributed by atoms with Crippen LogP contribution in [-0.4, -0.2) is 15.5 Å². The first kappa shape index (κ1) is 22.0. The predicted octanol–water partition coefficient (Wildman–Crippen LogP) is 7.14. The maximum atomic E-state index is 14.4. The first-order valence-corrected chi connectivity index (χ1v) is 12.7. The second-order valence-corrected chi connectivity index (χ2v) is 10.4. The van der Waals surface area contributed by atoms with E-state index in [1.165, 1.54) is 29.0 Å². The number of nitrogens with zero attached hydrogens (tertiary/aromatic N) is 2. The standard InChI is InChI=1S/C28H25F2N3OS/c1-17-8-10-21(11-9-17)31-28(34)33-16-23-22-5-2-3-7-25(22)35-27(23)32-12-4-6-24(32)26(33)18-13-19(29)15-20(30)14-18/h4,6,8-15,26H,2-3,5,7,16H2,1H3,(H,31,34)/t26-/m0/s1. The number of aromatic nitrogens is 1. The van der Waals surface area contributed by atoms with E-state index in [0.717, 1.165) is 47.2 Å². The number of benzene rings is 2. The number of nitrogens with one attached hydrogen (secondary N) is 1. The molecule has 2 aromatic heterocycles. The Morgan fingerprint density at radius 2 is 1.74 bits per heavy atom. The van der Waals surface area contributed by atoms with Gasteiger partial charge in [0, 0.05) is 28.4 Å². The van der Waals surface area contributed by atoms with Crippen LogP contribution in [-0.2, 0) is 19.4 Å². The SMILES string of the molecule is Cc1ccc(NC(=O)N2Cc3c(sc4c3CCCC4)-n3cccc3[C@@H]2c2cc(F)cc(F)c2)cc1. The average molecular weight is 490 g/mol. The summed E-state index contributed by atoms with van der Waals surface area (Å²) < 4.78 is 30.8. The van der Waals surface area contributed by atoms with Gasteiger partial charge in [-0.25, -0.2) is 13.6 Å². The largest absolute Gasteiger partial charge is 0.322 e. The molecule has 2 aliphatic rings. The quantitative estimate of drug-likeness (QED) is 0.319. The third kappa shape index (κ3) is 3.93. The molecule has 7 heteroatoms. The summed E-state index contributed by atoms with van der Waals surface area (Å²) in [5.41, 5.74) is 5.46. The van der Waals surface area contributed by atoms with E-state index in [4.69, 9.17) is 0 Å². The second kappa shape index (κ2) is 8.64. The van der Waals surface area contributed by atoms with Crippen LogP contribution in [0.3, 0.4) is 0 Å². The molecule has 1 N–H and O–H groups in total. The molecule has 0 radical (unpaired) electrons. The van der Waals surface area contributed by atoms with Crippen molar-refractivity contribution in [2.45, 2.75) is 45.2 Å². The molecule has 0 saturated heterocycles. The topological polar surface area (TPSA) is 37.3 Å². The first-order chi connectivity index (χ1) is 17.0. The van der Waals surface area contributed by atoms with Crippen LogP contribution in [0.15, 0.2) is 60.8 Å². The van der Waals surface area contributed by atoms with Crippen LogP contribution in [0.25, 0.3) is 5.00 Å². The summed E-state index contributed by atoms with van der Waals surface area (Å²) in [4.78, 5) is 16.9. The van der Waals surface area contributed by atoms with E-state index in [1.54, 1.807) is 16.2 Å². The smallest absolute Gasteiger partial charge is 0.310 e. The van der Waals surface area contributed by atoms with Crippen molar-refractivity contribution in [3.05, 3.63) is 105 Å². The lowest BCUT2D eigenvalue weighted by Gasteiger charge is -2.31. The Labute approximate surface area is 206 Å². The van der Waals surface area contributed by atoms with E-state index in [2.05, 4.69) is 9.88 Å². The number of carbonyl (C=O) groups is 1. The zero-order chi connectivity index (χ0) is 24.1. The minimum atomic E-state index is -0.659. The van der Waals surface area contributed by atoms with Crippen LogP contribution in [0.4, 0.5) is 19.3 Å². The fourth-order valence-corrected chi connectivity index (χ4v) is 6.71. The third-order valence-electron chi connectivity index (χ3n) is 6.94. The van der Waals surface area contributed by atoms with E-state index < -0.39 is 17.7 Å². The van der Waals surface area contributed by atoms with Crippen molar-refractivity contribution in [2.24, 2.45) is 0 Å². The molecule has 4 nitrogen and oxygen atoms in total. The summed E-state index contributed by atoms with van der Waals surface area (Å²) in [5.74, 6) is -1.32. The number of fused-ring (bicyclic) bond motifs is 5. The van der Waals surface area contributed by atoms with Crippen LogP contribution < -0.4 is 5.32 Å². The van der Waals surface area contributed by atoms with Crippen LogP contribution in [0.1, 0.15) is 51.7 Å². The minimum Gasteiger partial charge on any atom is -0.310 e. The molecule has 2 aromatic carbocycles. The lowest BCUT2D eigenvalue weighted by atomic mass is 9.95. The second-order valence-electron chi connectivity index (χ2n) is 9.33. The number of hydrogen-bond donors (Lipinski definition) is 1.